The average molecular weight is 339 g/mol. The molecule has 0 aromatic heterocycles. The molecule has 3 N–H and O–H groups in total. The normalized spacial score (nSPS) is 30.9. The predicted octanol–water partition coefficient (Wildman–Crippen LogP) is 3.78. The van der Waals surface area contributed by atoms with Crippen LogP contribution in [0.2, 0.25) is 0 Å². The van der Waals surface area contributed by atoms with Crippen LogP contribution in [0.3, 0.4) is 0 Å². The lowest BCUT2D eigenvalue weighted by Gasteiger charge is -2.33. The molecule has 140 valence electrons. The molecular weight excluding hydrogens is 300 g/mol. The number of nitrogens with one attached hydrogen (secondary N) is 1. The van der Waals surface area contributed by atoms with Crippen molar-refractivity contribution in [1.29, 1.82) is 0 Å². The van der Waals surface area contributed by atoms with Crippen molar-refractivity contribution in [3.63, 3.8) is 0 Å². The van der Waals surface area contributed by atoms with Crippen LogP contribution in [0.4, 0.5) is 0 Å². The predicted molar refractivity (Wildman–Crippen MR) is 98.8 cm³/mol. The molecule has 2 aliphatic rings. The van der Waals surface area contributed by atoms with Crippen LogP contribution in [0.5, 0.6) is 0 Å². The highest BCUT2D eigenvalue weighted by Crippen LogP contribution is 2.35. The van der Waals surface area contributed by atoms with Gasteiger partial charge in [-0.05, 0) is 76.0 Å². The van der Waals surface area contributed by atoms with Gasteiger partial charge in [-0.15, -0.1) is 0 Å². The molecule has 0 aromatic rings. The molecular formula is C20H38N2O2. The number of ether oxygens (including phenoxy) is 1. The zero-order valence-electron chi connectivity index (χ0n) is 15.6. The summed E-state index contributed by atoms with van der Waals surface area (Å²) >= 11 is 0. The Kier molecular flexibility index (Phi) is 9.11. The smallest absolute Gasteiger partial charge is 0.307 e. The molecule has 0 unspecified atom stereocenters. The number of rotatable bonds is 9. The Balaban J connectivity index is 1.50. The van der Waals surface area contributed by atoms with E-state index in [0.29, 0.717) is 25.1 Å². The number of hydrogen-bond acceptors (Lipinski definition) is 4. The minimum Gasteiger partial charge on any atom is -0.466 e. The fourth-order valence-corrected chi connectivity index (χ4v) is 4.28. The van der Waals surface area contributed by atoms with E-state index in [4.69, 9.17) is 10.5 Å². The molecule has 0 spiro atoms. The van der Waals surface area contributed by atoms with E-state index in [2.05, 4.69) is 12.2 Å². The maximum atomic E-state index is 11.6. The second-order valence-corrected chi connectivity index (χ2v) is 8.01. The first kappa shape index (κ1) is 19.7. The van der Waals surface area contributed by atoms with Crippen molar-refractivity contribution in [2.75, 3.05) is 13.2 Å². The van der Waals surface area contributed by atoms with Gasteiger partial charge in [-0.2, -0.15) is 0 Å². The summed E-state index contributed by atoms with van der Waals surface area (Å²) in [6, 6.07) is 1.07. The van der Waals surface area contributed by atoms with Crippen LogP contribution in [0.1, 0.15) is 84.0 Å². The van der Waals surface area contributed by atoms with E-state index in [1.165, 1.54) is 57.8 Å². The van der Waals surface area contributed by atoms with Gasteiger partial charge in [0.2, 0.25) is 0 Å². The fourth-order valence-electron chi connectivity index (χ4n) is 4.28. The monoisotopic (exact) mass is 338 g/mol. The topological polar surface area (TPSA) is 64.3 Å². The molecule has 0 heterocycles. The lowest BCUT2D eigenvalue weighted by molar-refractivity contribution is -0.143. The Morgan fingerprint density at radius 3 is 2.29 bits per heavy atom. The van der Waals surface area contributed by atoms with Gasteiger partial charge in [-0.1, -0.05) is 13.3 Å². The quantitative estimate of drug-likeness (QED) is 0.496. The van der Waals surface area contributed by atoms with E-state index in [-0.39, 0.29) is 5.97 Å². The molecule has 0 amide bonds. The molecule has 0 radical (unpaired) electrons. The lowest BCUT2D eigenvalue weighted by Crippen LogP contribution is -2.35. The van der Waals surface area contributed by atoms with Crippen LogP contribution in [0.25, 0.3) is 0 Å². The summed E-state index contributed by atoms with van der Waals surface area (Å²) in [6.45, 7) is 3.45. The van der Waals surface area contributed by atoms with Gasteiger partial charge >= 0.3 is 5.97 Å². The molecule has 0 aromatic carbocycles. The van der Waals surface area contributed by atoms with E-state index in [0.717, 1.165) is 31.2 Å². The molecule has 0 saturated heterocycles. The van der Waals surface area contributed by atoms with Crippen molar-refractivity contribution in [1.82, 2.24) is 5.32 Å². The summed E-state index contributed by atoms with van der Waals surface area (Å²) in [4.78, 5) is 11.6. The van der Waals surface area contributed by atoms with Crippen LogP contribution in [-0.4, -0.2) is 31.2 Å². The first-order valence-electron chi connectivity index (χ1n) is 10.3. The highest BCUT2D eigenvalue weighted by Gasteiger charge is 2.25. The zero-order chi connectivity index (χ0) is 17.2. The molecule has 0 bridgehead atoms. The summed E-state index contributed by atoms with van der Waals surface area (Å²) in [7, 11) is 0. The minimum absolute atomic E-state index is 0.0554. The average Bonchev–Trinajstić information content (AvgIpc) is 2.59. The maximum Gasteiger partial charge on any atom is 0.307 e. The molecule has 24 heavy (non-hydrogen) atoms. The number of nitrogens with two attached hydrogens (primary N) is 1. The highest BCUT2D eigenvalue weighted by atomic mass is 16.5. The van der Waals surface area contributed by atoms with Crippen molar-refractivity contribution < 1.29 is 9.53 Å². The largest absolute Gasteiger partial charge is 0.466 e. The number of unbranched alkanes of at least 4 members (excludes halogenated alkanes) is 1. The molecule has 2 aliphatic carbocycles. The van der Waals surface area contributed by atoms with E-state index in [1.807, 2.05) is 0 Å². The van der Waals surface area contributed by atoms with Crippen LogP contribution >= 0.6 is 0 Å². The van der Waals surface area contributed by atoms with E-state index in [9.17, 15) is 4.79 Å². The van der Waals surface area contributed by atoms with Crippen molar-refractivity contribution in [3.8, 4) is 0 Å². The minimum atomic E-state index is -0.0554. The van der Waals surface area contributed by atoms with Crippen LogP contribution in [-0.2, 0) is 9.53 Å². The molecule has 4 heteroatoms. The van der Waals surface area contributed by atoms with Gasteiger partial charge in [0.05, 0.1) is 13.0 Å². The van der Waals surface area contributed by atoms with Crippen molar-refractivity contribution in [2.45, 2.75) is 96.1 Å². The van der Waals surface area contributed by atoms with Crippen molar-refractivity contribution in [2.24, 2.45) is 17.6 Å². The van der Waals surface area contributed by atoms with E-state index < -0.39 is 0 Å². The van der Waals surface area contributed by atoms with Gasteiger partial charge in [0, 0.05) is 18.6 Å². The summed E-state index contributed by atoms with van der Waals surface area (Å²) in [6.07, 6.45) is 14.4. The summed E-state index contributed by atoms with van der Waals surface area (Å²) in [5, 5.41) is 3.56. The molecule has 0 atom stereocenters. The molecule has 2 saturated carbocycles. The van der Waals surface area contributed by atoms with Gasteiger partial charge < -0.3 is 15.8 Å². The van der Waals surface area contributed by atoms with Crippen LogP contribution in [0.15, 0.2) is 0 Å². The summed E-state index contributed by atoms with van der Waals surface area (Å²) in [5.74, 6) is 1.79. The van der Waals surface area contributed by atoms with E-state index >= 15 is 0 Å². The third-order valence-corrected chi connectivity index (χ3v) is 5.93. The number of esters is 1. The molecule has 4 nitrogen and oxygen atoms in total. The van der Waals surface area contributed by atoms with Gasteiger partial charge in [0.25, 0.3) is 0 Å². The third kappa shape index (κ3) is 7.52. The first-order valence-corrected chi connectivity index (χ1v) is 10.3. The number of carbonyl (C=O) groups is 1. The maximum absolute atomic E-state index is 11.6. The highest BCUT2D eigenvalue weighted by molar-refractivity contribution is 5.69. The van der Waals surface area contributed by atoms with Gasteiger partial charge in [-0.3, -0.25) is 4.79 Å². The van der Waals surface area contributed by atoms with Crippen molar-refractivity contribution in [3.05, 3.63) is 0 Å². The van der Waals surface area contributed by atoms with Crippen LogP contribution in [0, 0.1) is 11.8 Å². The summed E-state index contributed by atoms with van der Waals surface area (Å²) < 4.78 is 5.19. The Labute approximate surface area is 148 Å². The molecule has 2 fully saturated rings. The fraction of sp³-hybridized carbons (Fsp3) is 0.950. The van der Waals surface area contributed by atoms with Crippen molar-refractivity contribution >= 4 is 5.97 Å². The number of hydrogen-bond donors (Lipinski definition) is 2. The Morgan fingerprint density at radius 1 is 1.04 bits per heavy atom. The Bertz CT molecular complexity index is 346. The first-order chi connectivity index (χ1) is 11.7. The van der Waals surface area contributed by atoms with Crippen LogP contribution < -0.4 is 11.1 Å². The number of carbonyl (C=O) groups excluding carboxylic acids is 1. The van der Waals surface area contributed by atoms with Gasteiger partial charge in [0.15, 0.2) is 0 Å². The Hall–Kier alpha value is -0.610. The Morgan fingerprint density at radius 2 is 1.67 bits per heavy atom. The SMILES string of the molecule is CCCCOC(=O)CCNC1CCC(CC2CCC(N)CC2)CC1. The second-order valence-electron chi connectivity index (χ2n) is 8.01. The standard InChI is InChI=1S/C20H38N2O2/c1-2-3-14-24-20(23)12-13-22-19-10-6-17(7-11-19)15-16-4-8-18(21)9-5-16/h16-19,22H,2-15,21H2,1H3. The van der Waals surface area contributed by atoms with E-state index in [1.54, 1.807) is 0 Å². The lowest BCUT2D eigenvalue weighted by atomic mass is 9.76. The second kappa shape index (κ2) is 11.1. The molecule has 2 rings (SSSR count). The third-order valence-electron chi connectivity index (χ3n) is 5.93. The zero-order valence-corrected chi connectivity index (χ0v) is 15.6. The van der Waals surface area contributed by atoms with Gasteiger partial charge in [0.1, 0.15) is 0 Å². The van der Waals surface area contributed by atoms with Gasteiger partial charge in [-0.25, -0.2) is 0 Å². The summed E-state index contributed by atoms with van der Waals surface area (Å²) in [5.41, 5.74) is 6.01. The molecule has 0 aliphatic heterocycles.